The molecule has 0 saturated carbocycles. The first-order valence-electron chi connectivity index (χ1n) is 10.1. The number of carbonyl (C=O) groups excluding carboxylic acids is 2. The average molecular weight is 392 g/mol. The van der Waals surface area contributed by atoms with Gasteiger partial charge in [0, 0.05) is 37.7 Å². The number of piperidine rings is 1. The molecule has 5 nitrogen and oxygen atoms in total. The quantitative estimate of drug-likeness (QED) is 0.858. The number of benzene rings is 1. The van der Waals surface area contributed by atoms with Gasteiger partial charge in [0.25, 0.3) is 0 Å². The van der Waals surface area contributed by atoms with Crippen LogP contribution in [0.4, 0.5) is 5.69 Å². The van der Waals surface area contributed by atoms with Crippen LogP contribution in [0.15, 0.2) is 24.3 Å². The van der Waals surface area contributed by atoms with Crippen LogP contribution in [-0.4, -0.2) is 49.4 Å². The van der Waals surface area contributed by atoms with Crippen molar-refractivity contribution in [2.24, 2.45) is 11.8 Å². The van der Waals surface area contributed by atoms with Gasteiger partial charge in [-0.1, -0.05) is 18.2 Å². The molecule has 3 aliphatic heterocycles. The Hall–Kier alpha value is -1.59. The second-order valence-electron chi connectivity index (χ2n) is 7.92. The Balaban J connectivity index is 0.00000210. The average Bonchev–Trinajstić information content (AvgIpc) is 3.35. The summed E-state index contributed by atoms with van der Waals surface area (Å²) in [5, 5.41) is 3.36. The molecule has 1 atom stereocenters. The Labute approximate surface area is 167 Å². The molecule has 2 saturated heterocycles. The van der Waals surface area contributed by atoms with Crippen LogP contribution in [-0.2, 0) is 16.0 Å². The first-order valence-corrected chi connectivity index (χ1v) is 10.1. The Bertz CT molecular complexity index is 667. The molecule has 6 heteroatoms. The Morgan fingerprint density at radius 2 is 1.85 bits per heavy atom. The van der Waals surface area contributed by atoms with E-state index in [1.807, 2.05) is 21.9 Å². The second-order valence-corrected chi connectivity index (χ2v) is 7.92. The molecule has 2 amide bonds. The van der Waals surface area contributed by atoms with E-state index in [1.54, 1.807) is 0 Å². The molecule has 0 spiro atoms. The molecule has 4 rings (SSSR count). The van der Waals surface area contributed by atoms with Crippen LogP contribution < -0.4 is 10.2 Å². The van der Waals surface area contributed by atoms with E-state index in [9.17, 15) is 9.59 Å². The fourth-order valence-electron chi connectivity index (χ4n) is 4.61. The molecule has 2 fully saturated rings. The second kappa shape index (κ2) is 9.07. The van der Waals surface area contributed by atoms with Crippen molar-refractivity contribution in [2.75, 3.05) is 37.6 Å². The number of hydrogen-bond acceptors (Lipinski definition) is 3. The number of anilines is 1. The Morgan fingerprint density at radius 3 is 2.59 bits per heavy atom. The normalized spacial score (nSPS) is 22.4. The number of rotatable bonds is 4. The summed E-state index contributed by atoms with van der Waals surface area (Å²) < 4.78 is 0. The minimum absolute atomic E-state index is 0. The summed E-state index contributed by atoms with van der Waals surface area (Å²) in [4.78, 5) is 29.4. The van der Waals surface area contributed by atoms with Crippen LogP contribution in [0.1, 0.15) is 37.7 Å². The van der Waals surface area contributed by atoms with Crippen molar-refractivity contribution in [3.8, 4) is 0 Å². The number of halogens is 1. The summed E-state index contributed by atoms with van der Waals surface area (Å²) in [7, 11) is 0. The smallest absolute Gasteiger partial charge is 0.230 e. The van der Waals surface area contributed by atoms with Crippen molar-refractivity contribution >= 4 is 29.9 Å². The first kappa shape index (κ1) is 20.2. The van der Waals surface area contributed by atoms with Gasteiger partial charge in [-0.05, 0) is 62.7 Å². The molecular weight excluding hydrogens is 362 g/mol. The summed E-state index contributed by atoms with van der Waals surface area (Å²) in [6.45, 7) is 4.40. The molecular formula is C21H30ClN3O2. The fourth-order valence-corrected chi connectivity index (χ4v) is 4.61. The van der Waals surface area contributed by atoms with Crippen molar-refractivity contribution in [3.05, 3.63) is 29.8 Å². The van der Waals surface area contributed by atoms with Gasteiger partial charge in [-0.2, -0.15) is 0 Å². The van der Waals surface area contributed by atoms with E-state index in [0.717, 1.165) is 64.1 Å². The highest BCUT2D eigenvalue weighted by Gasteiger charge is 2.33. The first-order chi connectivity index (χ1) is 12.7. The number of para-hydroxylation sites is 1. The van der Waals surface area contributed by atoms with Crippen LogP contribution in [0, 0.1) is 11.8 Å². The summed E-state index contributed by atoms with van der Waals surface area (Å²) in [5.41, 5.74) is 2.36. The lowest BCUT2D eigenvalue weighted by molar-refractivity contribution is -0.135. The molecule has 0 bridgehead atoms. The minimum Gasteiger partial charge on any atom is -0.343 e. The van der Waals surface area contributed by atoms with Crippen molar-refractivity contribution in [1.29, 1.82) is 0 Å². The highest BCUT2D eigenvalue weighted by atomic mass is 35.5. The molecule has 27 heavy (non-hydrogen) atoms. The lowest BCUT2D eigenvalue weighted by Crippen LogP contribution is -2.44. The molecule has 0 aliphatic carbocycles. The maximum Gasteiger partial charge on any atom is 0.230 e. The molecule has 3 aliphatic rings. The number of hydrogen-bond donors (Lipinski definition) is 1. The zero-order valence-corrected chi connectivity index (χ0v) is 16.7. The van der Waals surface area contributed by atoms with Gasteiger partial charge >= 0.3 is 0 Å². The summed E-state index contributed by atoms with van der Waals surface area (Å²) >= 11 is 0. The zero-order chi connectivity index (χ0) is 17.9. The van der Waals surface area contributed by atoms with Gasteiger partial charge in [-0.25, -0.2) is 0 Å². The fraction of sp³-hybridized carbons (Fsp3) is 0.619. The summed E-state index contributed by atoms with van der Waals surface area (Å²) in [6, 6.07) is 8.21. The third kappa shape index (κ3) is 4.46. The van der Waals surface area contributed by atoms with Gasteiger partial charge < -0.3 is 15.1 Å². The van der Waals surface area contributed by atoms with Crippen LogP contribution in [0.5, 0.6) is 0 Å². The number of carbonyl (C=O) groups is 2. The third-order valence-corrected chi connectivity index (χ3v) is 6.28. The highest BCUT2D eigenvalue weighted by Crippen LogP contribution is 2.31. The van der Waals surface area contributed by atoms with Crippen LogP contribution >= 0.6 is 12.4 Å². The van der Waals surface area contributed by atoms with Crippen LogP contribution in [0.25, 0.3) is 0 Å². The van der Waals surface area contributed by atoms with Gasteiger partial charge in [0.05, 0.1) is 0 Å². The summed E-state index contributed by atoms with van der Waals surface area (Å²) in [6.07, 6.45) is 5.40. The zero-order valence-electron chi connectivity index (χ0n) is 15.9. The monoisotopic (exact) mass is 391 g/mol. The van der Waals surface area contributed by atoms with E-state index in [1.165, 1.54) is 12.0 Å². The molecule has 1 unspecified atom stereocenters. The Kier molecular flexibility index (Phi) is 6.77. The number of amides is 2. The lowest BCUT2D eigenvalue weighted by atomic mass is 9.94. The predicted octanol–water partition coefficient (Wildman–Crippen LogP) is 2.63. The lowest BCUT2D eigenvalue weighted by Gasteiger charge is -2.33. The number of nitrogens with zero attached hydrogens (tertiary/aromatic N) is 2. The standard InChI is InChI=1S/C21H29N3O2.ClH/c25-20(6-5-16-7-11-22-15-16)23-12-8-18(9-13-23)21(26)24-14-10-17-3-1-2-4-19(17)24;/h1-4,16,18,22H,5-15H2;1H. The Morgan fingerprint density at radius 1 is 1.07 bits per heavy atom. The topological polar surface area (TPSA) is 52.7 Å². The van der Waals surface area contributed by atoms with E-state index in [0.29, 0.717) is 12.3 Å². The van der Waals surface area contributed by atoms with Gasteiger partial charge in [0.2, 0.25) is 11.8 Å². The van der Waals surface area contributed by atoms with E-state index in [-0.39, 0.29) is 30.1 Å². The van der Waals surface area contributed by atoms with E-state index < -0.39 is 0 Å². The van der Waals surface area contributed by atoms with Gasteiger partial charge in [0.15, 0.2) is 0 Å². The molecule has 0 radical (unpaired) electrons. The SMILES string of the molecule is Cl.O=C(CCC1CCNC1)N1CCC(C(=O)N2CCc3ccccc32)CC1. The van der Waals surface area contributed by atoms with Crippen molar-refractivity contribution in [2.45, 2.75) is 38.5 Å². The van der Waals surface area contributed by atoms with Gasteiger partial charge in [-0.15, -0.1) is 12.4 Å². The van der Waals surface area contributed by atoms with Crippen LogP contribution in [0.2, 0.25) is 0 Å². The largest absolute Gasteiger partial charge is 0.343 e. The summed E-state index contributed by atoms with van der Waals surface area (Å²) in [5.74, 6) is 1.24. The van der Waals surface area contributed by atoms with Gasteiger partial charge in [-0.3, -0.25) is 9.59 Å². The van der Waals surface area contributed by atoms with Crippen molar-refractivity contribution in [1.82, 2.24) is 10.2 Å². The number of likely N-dealkylation sites (tertiary alicyclic amines) is 1. The number of nitrogens with one attached hydrogen (secondary N) is 1. The minimum atomic E-state index is 0. The highest BCUT2D eigenvalue weighted by molar-refractivity contribution is 5.97. The third-order valence-electron chi connectivity index (χ3n) is 6.28. The van der Waals surface area contributed by atoms with E-state index >= 15 is 0 Å². The molecule has 1 N–H and O–H groups in total. The molecule has 3 heterocycles. The molecule has 1 aromatic rings. The van der Waals surface area contributed by atoms with Crippen molar-refractivity contribution < 1.29 is 9.59 Å². The molecule has 1 aromatic carbocycles. The maximum absolute atomic E-state index is 13.0. The van der Waals surface area contributed by atoms with Crippen LogP contribution in [0.3, 0.4) is 0 Å². The van der Waals surface area contributed by atoms with Gasteiger partial charge in [0.1, 0.15) is 0 Å². The van der Waals surface area contributed by atoms with E-state index in [4.69, 9.17) is 0 Å². The van der Waals surface area contributed by atoms with E-state index in [2.05, 4.69) is 17.4 Å². The number of fused-ring (bicyclic) bond motifs is 1. The maximum atomic E-state index is 13.0. The van der Waals surface area contributed by atoms with Crippen molar-refractivity contribution in [3.63, 3.8) is 0 Å². The predicted molar refractivity (Wildman–Crippen MR) is 109 cm³/mol. The molecule has 0 aromatic heterocycles. The molecule has 148 valence electrons.